The van der Waals surface area contributed by atoms with E-state index in [1.54, 1.807) is 12.1 Å². The molecule has 7 nitrogen and oxygen atoms in total. The summed E-state index contributed by atoms with van der Waals surface area (Å²) in [6, 6.07) is 14.7. The van der Waals surface area contributed by atoms with Crippen molar-refractivity contribution in [3.05, 3.63) is 48.5 Å². The third kappa shape index (κ3) is 3.66. The molecule has 2 aromatic carbocycles. The van der Waals surface area contributed by atoms with Gasteiger partial charge in [-0.1, -0.05) is 12.1 Å². The number of nitrogens with zero attached hydrogens (tertiary/aromatic N) is 2. The number of methoxy groups -OCH3 is 2. The van der Waals surface area contributed by atoms with Crippen molar-refractivity contribution < 1.29 is 23.8 Å². The van der Waals surface area contributed by atoms with Gasteiger partial charge in [0, 0.05) is 5.56 Å². The summed E-state index contributed by atoms with van der Waals surface area (Å²) in [4.78, 5) is 27.6. The third-order valence-electron chi connectivity index (χ3n) is 3.87. The summed E-state index contributed by atoms with van der Waals surface area (Å²) in [5.74, 6) is 0.382. The van der Waals surface area contributed by atoms with Gasteiger partial charge in [0.25, 0.3) is 0 Å². The van der Waals surface area contributed by atoms with E-state index < -0.39 is 5.97 Å². The zero-order valence-electron chi connectivity index (χ0n) is 14.5. The zero-order chi connectivity index (χ0) is 18.5. The van der Waals surface area contributed by atoms with Gasteiger partial charge >= 0.3 is 11.9 Å². The summed E-state index contributed by atoms with van der Waals surface area (Å²) in [6.45, 7) is -0.0936. The summed E-state index contributed by atoms with van der Waals surface area (Å²) < 4.78 is 16.5. The minimum absolute atomic E-state index is 0.0624. The maximum absolute atomic E-state index is 11.8. The number of hydrogen-bond donors (Lipinski definition) is 0. The smallest absolute Gasteiger partial charge is 0.343 e. The Morgan fingerprint density at radius 1 is 0.962 bits per heavy atom. The standard InChI is InChI=1S/C19H18N2O5/c1-24-17(22)11-21-16-6-4-3-5-15(16)20-19(21)13-7-9-14(10-8-13)26-12-18(23)25-2/h3-10H,11-12H2,1-2H3. The number of aromatic nitrogens is 2. The van der Waals surface area contributed by atoms with E-state index in [0.29, 0.717) is 11.6 Å². The quantitative estimate of drug-likeness (QED) is 0.633. The first kappa shape index (κ1) is 17.5. The predicted octanol–water partition coefficient (Wildman–Crippen LogP) is 2.43. The van der Waals surface area contributed by atoms with Crippen molar-refractivity contribution in [3.8, 4) is 17.1 Å². The Bertz CT molecular complexity index is 931. The molecule has 0 unspecified atom stereocenters. The lowest BCUT2D eigenvalue weighted by Gasteiger charge is -2.09. The molecular weight excluding hydrogens is 336 g/mol. The van der Waals surface area contributed by atoms with E-state index in [0.717, 1.165) is 16.6 Å². The van der Waals surface area contributed by atoms with Crippen LogP contribution in [-0.2, 0) is 25.6 Å². The number of benzene rings is 2. The lowest BCUT2D eigenvalue weighted by molar-refractivity contribution is -0.143. The van der Waals surface area contributed by atoms with E-state index in [9.17, 15) is 9.59 Å². The van der Waals surface area contributed by atoms with E-state index in [1.807, 2.05) is 41.0 Å². The molecule has 3 aromatic rings. The predicted molar refractivity (Wildman–Crippen MR) is 94.7 cm³/mol. The fraction of sp³-hybridized carbons (Fsp3) is 0.211. The second-order valence-corrected chi connectivity index (χ2v) is 5.48. The van der Waals surface area contributed by atoms with Crippen LogP contribution in [0.1, 0.15) is 0 Å². The van der Waals surface area contributed by atoms with Gasteiger partial charge in [-0.2, -0.15) is 0 Å². The molecule has 0 atom stereocenters. The monoisotopic (exact) mass is 354 g/mol. The van der Waals surface area contributed by atoms with Crippen molar-refractivity contribution in [3.63, 3.8) is 0 Å². The highest BCUT2D eigenvalue weighted by atomic mass is 16.6. The number of rotatable bonds is 6. The molecule has 134 valence electrons. The molecule has 0 aliphatic heterocycles. The highest BCUT2D eigenvalue weighted by Crippen LogP contribution is 2.26. The molecule has 26 heavy (non-hydrogen) atoms. The lowest BCUT2D eigenvalue weighted by atomic mass is 10.2. The molecule has 1 heterocycles. The third-order valence-corrected chi connectivity index (χ3v) is 3.87. The Morgan fingerprint density at radius 3 is 2.35 bits per heavy atom. The van der Waals surface area contributed by atoms with E-state index >= 15 is 0 Å². The molecule has 0 bridgehead atoms. The largest absolute Gasteiger partial charge is 0.482 e. The van der Waals surface area contributed by atoms with Crippen LogP contribution in [0.2, 0.25) is 0 Å². The number of esters is 2. The summed E-state index contributed by atoms with van der Waals surface area (Å²) in [5, 5.41) is 0. The molecule has 7 heteroatoms. The highest BCUT2D eigenvalue weighted by Gasteiger charge is 2.15. The van der Waals surface area contributed by atoms with Crippen molar-refractivity contribution in [2.45, 2.75) is 6.54 Å². The molecule has 0 aliphatic rings. The molecule has 0 spiro atoms. The molecule has 0 fully saturated rings. The summed E-state index contributed by atoms with van der Waals surface area (Å²) in [5.41, 5.74) is 2.45. The second-order valence-electron chi connectivity index (χ2n) is 5.48. The van der Waals surface area contributed by atoms with Crippen LogP contribution in [0.3, 0.4) is 0 Å². The van der Waals surface area contributed by atoms with Crippen molar-refractivity contribution >= 4 is 23.0 Å². The Balaban J connectivity index is 1.93. The Kier molecular flexibility index (Phi) is 5.17. The fourth-order valence-electron chi connectivity index (χ4n) is 2.55. The van der Waals surface area contributed by atoms with Gasteiger partial charge in [0.2, 0.25) is 0 Å². The molecule has 0 saturated carbocycles. The average molecular weight is 354 g/mol. The lowest BCUT2D eigenvalue weighted by Crippen LogP contribution is -2.13. The molecule has 1 aromatic heterocycles. The van der Waals surface area contributed by atoms with Crippen molar-refractivity contribution in [2.24, 2.45) is 0 Å². The highest BCUT2D eigenvalue weighted by molar-refractivity contribution is 5.83. The maximum atomic E-state index is 11.8. The number of carbonyl (C=O) groups is 2. The van der Waals surface area contributed by atoms with E-state index in [-0.39, 0.29) is 19.1 Å². The van der Waals surface area contributed by atoms with E-state index in [4.69, 9.17) is 9.47 Å². The Hall–Kier alpha value is -3.35. The zero-order valence-corrected chi connectivity index (χ0v) is 14.5. The summed E-state index contributed by atoms with van der Waals surface area (Å²) in [7, 11) is 2.66. The van der Waals surface area contributed by atoms with Gasteiger partial charge in [0.15, 0.2) is 6.61 Å². The normalized spacial score (nSPS) is 10.5. The van der Waals surface area contributed by atoms with Crippen molar-refractivity contribution in [1.82, 2.24) is 9.55 Å². The number of ether oxygens (including phenoxy) is 3. The maximum Gasteiger partial charge on any atom is 0.343 e. The molecule has 0 radical (unpaired) electrons. The molecule has 0 amide bonds. The van der Waals surface area contributed by atoms with Crippen LogP contribution in [-0.4, -0.2) is 42.3 Å². The fourth-order valence-corrected chi connectivity index (χ4v) is 2.55. The van der Waals surface area contributed by atoms with Gasteiger partial charge in [-0.3, -0.25) is 4.79 Å². The van der Waals surface area contributed by atoms with Gasteiger partial charge in [-0.15, -0.1) is 0 Å². The van der Waals surface area contributed by atoms with Gasteiger partial charge in [0.05, 0.1) is 25.3 Å². The molecule has 3 rings (SSSR count). The molecular formula is C19H18N2O5. The van der Waals surface area contributed by atoms with E-state index in [2.05, 4.69) is 9.72 Å². The molecule has 0 N–H and O–H groups in total. The van der Waals surface area contributed by atoms with Crippen molar-refractivity contribution in [2.75, 3.05) is 20.8 Å². The average Bonchev–Trinajstić information content (AvgIpc) is 3.04. The first-order valence-electron chi connectivity index (χ1n) is 7.94. The first-order chi connectivity index (χ1) is 12.6. The number of fused-ring (bicyclic) bond motifs is 1. The van der Waals surface area contributed by atoms with Gasteiger partial charge in [-0.05, 0) is 36.4 Å². The van der Waals surface area contributed by atoms with Crippen LogP contribution in [0.4, 0.5) is 0 Å². The van der Waals surface area contributed by atoms with Gasteiger partial charge in [0.1, 0.15) is 18.1 Å². The van der Waals surface area contributed by atoms with Crippen LogP contribution in [0, 0.1) is 0 Å². The minimum Gasteiger partial charge on any atom is -0.482 e. The summed E-state index contributed by atoms with van der Waals surface area (Å²) >= 11 is 0. The SMILES string of the molecule is COC(=O)COc1ccc(-c2nc3ccccc3n2CC(=O)OC)cc1. The van der Waals surface area contributed by atoms with Crippen LogP contribution in [0.5, 0.6) is 5.75 Å². The number of para-hydroxylation sites is 2. The first-order valence-corrected chi connectivity index (χ1v) is 7.94. The number of hydrogen-bond acceptors (Lipinski definition) is 6. The Labute approximate surface area is 150 Å². The summed E-state index contributed by atoms with van der Waals surface area (Å²) in [6.07, 6.45) is 0. The van der Waals surface area contributed by atoms with Crippen LogP contribution >= 0.6 is 0 Å². The van der Waals surface area contributed by atoms with E-state index in [1.165, 1.54) is 14.2 Å². The van der Waals surface area contributed by atoms with Crippen molar-refractivity contribution in [1.29, 1.82) is 0 Å². The number of imidazole rings is 1. The molecule has 0 aliphatic carbocycles. The van der Waals surface area contributed by atoms with Gasteiger partial charge in [-0.25, -0.2) is 9.78 Å². The second kappa shape index (κ2) is 7.69. The van der Waals surface area contributed by atoms with Gasteiger partial charge < -0.3 is 18.8 Å². The topological polar surface area (TPSA) is 79.7 Å². The van der Waals surface area contributed by atoms with Crippen LogP contribution < -0.4 is 4.74 Å². The van der Waals surface area contributed by atoms with Crippen LogP contribution in [0.15, 0.2) is 48.5 Å². The molecule has 0 saturated heterocycles. The Morgan fingerprint density at radius 2 is 1.65 bits per heavy atom. The number of carbonyl (C=O) groups excluding carboxylic acids is 2. The van der Waals surface area contributed by atoms with Crippen LogP contribution in [0.25, 0.3) is 22.4 Å². The minimum atomic E-state index is -0.450.